The van der Waals surface area contributed by atoms with Crippen LogP contribution in [0.3, 0.4) is 0 Å². The van der Waals surface area contributed by atoms with Gasteiger partial charge in [-0.05, 0) is 24.6 Å². The van der Waals surface area contributed by atoms with Crippen molar-refractivity contribution in [3.05, 3.63) is 23.8 Å². The third-order valence-electron chi connectivity index (χ3n) is 2.88. The van der Waals surface area contributed by atoms with E-state index in [9.17, 15) is 0 Å². The van der Waals surface area contributed by atoms with Gasteiger partial charge in [0.1, 0.15) is 0 Å². The average Bonchev–Trinajstić information content (AvgIpc) is 2.28. The van der Waals surface area contributed by atoms with Gasteiger partial charge in [-0.3, -0.25) is 0 Å². The zero-order chi connectivity index (χ0) is 10.8. The predicted octanol–water partition coefficient (Wildman–Crippen LogP) is 2.20. The van der Waals surface area contributed by atoms with Gasteiger partial charge in [-0.15, -0.1) is 0 Å². The van der Waals surface area contributed by atoms with Gasteiger partial charge in [0, 0.05) is 19.6 Å². The van der Waals surface area contributed by atoms with Crippen molar-refractivity contribution >= 4 is 11.4 Å². The Balaban J connectivity index is 2.38. The van der Waals surface area contributed by atoms with Crippen molar-refractivity contribution in [2.75, 3.05) is 23.8 Å². The highest BCUT2D eigenvalue weighted by atomic mass is 15.2. The Morgan fingerprint density at radius 1 is 1.60 bits per heavy atom. The first-order valence-electron chi connectivity index (χ1n) is 5.26. The van der Waals surface area contributed by atoms with Crippen LogP contribution >= 0.6 is 0 Å². The SMILES string of the molecule is CCC1CN(C)c2ccc(C#N)cc2N1. The van der Waals surface area contributed by atoms with Gasteiger partial charge in [0.05, 0.1) is 23.0 Å². The minimum absolute atomic E-state index is 0.483. The molecule has 1 N–H and O–H groups in total. The van der Waals surface area contributed by atoms with Gasteiger partial charge in [-0.2, -0.15) is 5.26 Å². The van der Waals surface area contributed by atoms with E-state index >= 15 is 0 Å². The van der Waals surface area contributed by atoms with E-state index in [0.29, 0.717) is 11.6 Å². The van der Waals surface area contributed by atoms with Gasteiger partial charge in [-0.25, -0.2) is 0 Å². The third-order valence-corrected chi connectivity index (χ3v) is 2.88. The molecule has 78 valence electrons. The van der Waals surface area contributed by atoms with E-state index in [1.54, 1.807) is 0 Å². The van der Waals surface area contributed by atoms with Gasteiger partial charge in [0.25, 0.3) is 0 Å². The van der Waals surface area contributed by atoms with Crippen molar-refractivity contribution in [1.82, 2.24) is 0 Å². The fraction of sp³-hybridized carbons (Fsp3) is 0.417. The molecule has 0 fully saturated rings. The lowest BCUT2D eigenvalue weighted by molar-refractivity contribution is 0.662. The average molecular weight is 201 g/mol. The molecule has 1 aromatic carbocycles. The van der Waals surface area contributed by atoms with Crippen LogP contribution in [0, 0.1) is 11.3 Å². The summed E-state index contributed by atoms with van der Waals surface area (Å²) in [5.74, 6) is 0. The molecule has 0 spiro atoms. The maximum Gasteiger partial charge on any atom is 0.0992 e. The fourth-order valence-electron chi connectivity index (χ4n) is 1.98. The van der Waals surface area contributed by atoms with Crippen LogP contribution in [0.2, 0.25) is 0 Å². The van der Waals surface area contributed by atoms with Crippen LogP contribution in [-0.4, -0.2) is 19.6 Å². The Labute approximate surface area is 90.3 Å². The van der Waals surface area contributed by atoms with Gasteiger partial charge in [0.2, 0.25) is 0 Å². The molecular weight excluding hydrogens is 186 g/mol. The standard InChI is InChI=1S/C12H15N3/c1-3-10-8-15(2)12-5-4-9(7-13)6-11(12)14-10/h4-6,10,14H,3,8H2,1-2H3. The molecule has 3 heteroatoms. The highest BCUT2D eigenvalue weighted by Gasteiger charge is 2.19. The first kappa shape index (κ1) is 9.85. The number of likely N-dealkylation sites (N-methyl/N-ethyl adjacent to an activating group) is 1. The summed E-state index contributed by atoms with van der Waals surface area (Å²) in [7, 11) is 2.09. The second-order valence-electron chi connectivity index (χ2n) is 3.97. The number of nitrogens with zero attached hydrogens (tertiary/aromatic N) is 2. The number of nitriles is 1. The first-order chi connectivity index (χ1) is 7.24. The lowest BCUT2D eigenvalue weighted by atomic mass is 10.1. The minimum atomic E-state index is 0.483. The van der Waals surface area contributed by atoms with Crippen LogP contribution in [-0.2, 0) is 0 Å². The molecule has 1 aliphatic rings. The quantitative estimate of drug-likeness (QED) is 0.757. The monoisotopic (exact) mass is 201 g/mol. The summed E-state index contributed by atoms with van der Waals surface area (Å²) in [6.07, 6.45) is 1.10. The second kappa shape index (κ2) is 3.82. The number of nitrogens with one attached hydrogen (secondary N) is 1. The third kappa shape index (κ3) is 1.75. The topological polar surface area (TPSA) is 39.1 Å². The van der Waals surface area contributed by atoms with Gasteiger partial charge >= 0.3 is 0 Å². The molecule has 2 rings (SSSR count). The molecule has 0 aliphatic carbocycles. The van der Waals surface area contributed by atoms with E-state index in [2.05, 4.69) is 30.3 Å². The minimum Gasteiger partial charge on any atom is -0.379 e. The molecule has 0 radical (unpaired) electrons. The molecule has 1 atom stereocenters. The van der Waals surface area contributed by atoms with E-state index < -0.39 is 0 Å². The zero-order valence-corrected chi connectivity index (χ0v) is 9.12. The van der Waals surface area contributed by atoms with Crippen LogP contribution in [0.5, 0.6) is 0 Å². The normalized spacial score (nSPS) is 19.0. The maximum absolute atomic E-state index is 8.84. The second-order valence-corrected chi connectivity index (χ2v) is 3.97. The summed E-state index contributed by atoms with van der Waals surface area (Å²) < 4.78 is 0. The van der Waals surface area contributed by atoms with Crippen LogP contribution in [0.4, 0.5) is 11.4 Å². The van der Waals surface area contributed by atoms with Crippen molar-refractivity contribution in [2.45, 2.75) is 19.4 Å². The Hall–Kier alpha value is -1.69. The number of fused-ring (bicyclic) bond motifs is 1. The molecule has 1 heterocycles. The smallest absolute Gasteiger partial charge is 0.0992 e. The van der Waals surface area contributed by atoms with E-state index in [-0.39, 0.29) is 0 Å². The Morgan fingerprint density at radius 2 is 2.40 bits per heavy atom. The summed E-state index contributed by atoms with van der Waals surface area (Å²) in [5.41, 5.74) is 2.97. The number of hydrogen-bond acceptors (Lipinski definition) is 3. The molecule has 1 aromatic rings. The molecule has 3 nitrogen and oxygen atoms in total. The summed E-state index contributed by atoms with van der Waals surface area (Å²) in [6, 6.07) is 8.44. The summed E-state index contributed by atoms with van der Waals surface area (Å²) in [6.45, 7) is 3.19. The predicted molar refractivity (Wildman–Crippen MR) is 62.1 cm³/mol. The van der Waals surface area contributed by atoms with Crippen LogP contribution < -0.4 is 10.2 Å². The molecule has 0 amide bonds. The van der Waals surface area contributed by atoms with Gasteiger partial charge in [0.15, 0.2) is 0 Å². The number of anilines is 2. The van der Waals surface area contributed by atoms with Crippen molar-refractivity contribution < 1.29 is 0 Å². The maximum atomic E-state index is 8.84. The van der Waals surface area contributed by atoms with Crippen LogP contribution in [0.15, 0.2) is 18.2 Å². The Morgan fingerprint density at radius 3 is 3.07 bits per heavy atom. The summed E-state index contributed by atoms with van der Waals surface area (Å²) in [5, 5.41) is 12.3. The molecular formula is C12H15N3. The Kier molecular flexibility index (Phi) is 2.51. The lowest BCUT2D eigenvalue weighted by Gasteiger charge is -2.34. The Bertz CT molecular complexity index is 406. The van der Waals surface area contributed by atoms with Gasteiger partial charge < -0.3 is 10.2 Å². The zero-order valence-electron chi connectivity index (χ0n) is 9.12. The van der Waals surface area contributed by atoms with E-state index in [1.165, 1.54) is 5.69 Å². The van der Waals surface area contributed by atoms with Crippen molar-refractivity contribution in [1.29, 1.82) is 5.26 Å². The van der Waals surface area contributed by atoms with Crippen LogP contribution in [0.1, 0.15) is 18.9 Å². The number of benzene rings is 1. The first-order valence-corrected chi connectivity index (χ1v) is 5.26. The highest BCUT2D eigenvalue weighted by Crippen LogP contribution is 2.31. The molecule has 15 heavy (non-hydrogen) atoms. The van der Waals surface area contributed by atoms with E-state index in [0.717, 1.165) is 18.7 Å². The van der Waals surface area contributed by atoms with Crippen molar-refractivity contribution in [2.24, 2.45) is 0 Å². The highest BCUT2D eigenvalue weighted by molar-refractivity contribution is 5.74. The largest absolute Gasteiger partial charge is 0.379 e. The number of hydrogen-bond donors (Lipinski definition) is 1. The summed E-state index contributed by atoms with van der Waals surface area (Å²) >= 11 is 0. The van der Waals surface area contributed by atoms with Crippen LogP contribution in [0.25, 0.3) is 0 Å². The molecule has 1 aliphatic heterocycles. The fourth-order valence-corrected chi connectivity index (χ4v) is 1.98. The molecule has 0 aromatic heterocycles. The summed E-state index contributed by atoms with van der Waals surface area (Å²) in [4.78, 5) is 2.24. The molecule has 0 saturated carbocycles. The van der Waals surface area contributed by atoms with Gasteiger partial charge in [-0.1, -0.05) is 6.92 Å². The van der Waals surface area contributed by atoms with E-state index in [1.807, 2.05) is 18.2 Å². The van der Waals surface area contributed by atoms with Crippen molar-refractivity contribution in [3.63, 3.8) is 0 Å². The molecule has 0 bridgehead atoms. The number of rotatable bonds is 1. The molecule has 0 saturated heterocycles. The van der Waals surface area contributed by atoms with E-state index in [4.69, 9.17) is 5.26 Å². The lowest BCUT2D eigenvalue weighted by Crippen LogP contribution is -2.38. The van der Waals surface area contributed by atoms with Crippen molar-refractivity contribution in [3.8, 4) is 6.07 Å². The molecule has 1 unspecified atom stereocenters.